The Balaban J connectivity index is 0.00000220. The lowest BCUT2D eigenvalue weighted by Crippen LogP contribution is -2.22. The SMILES string of the molecule is COc1ccc(NC(N)=NCc2ncccc2F)cc1.I. The molecule has 0 aliphatic carbocycles. The minimum absolute atomic E-state index is 0. The lowest BCUT2D eigenvalue weighted by atomic mass is 10.3. The second kappa shape index (κ2) is 8.40. The van der Waals surface area contributed by atoms with Crippen molar-refractivity contribution in [3.63, 3.8) is 0 Å². The van der Waals surface area contributed by atoms with Gasteiger partial charge in [-0.3, -0.25) is 4.98 Å². The highest BCUT2D eigenvalue weighted by molar-refractivity contribution is 14.0. The summed E-state index contributed by atoms with van der Waals surface area (Å²) >= 11 is 0. The highest BCUT2D eigenvalue weighted by atomic mass is 127. The molecule has 3 N–H and O–H groups in total. The van der Waals surface area contributed by atoms with Gasteiger partial charge >= 0.3 is 0 Å². The van der Waals surface area contributed by atoms with E-state index in [1.54, 1.807) is 19.2 Å². The van der Waals surface area contributed by atoms with Crippen LogP contribution in [0.5, 0.6) is 5.75 Å². The number of anilines is 1. The highest BCUT2D eigenvalue weighted by Gasteiger charge is 2.01. The van der Waals surface area contributed by atoms with E-state index in [0.717, 1.165) is 11.4 Å². The number of benzene rings is 1. The molecule has 7 heteroatoms. The third-order valence-electron chi connectivity index (χ3n) is 2.60. The molecule has 1 aromatic heterocycles. The van der Waals surface area contributed by atoms with Gasteiger partial charge in [-0.25, -0.2) is 9.38 Å². The zero-order valence-corrected chi connectivity index (χ0v) is 13.7. The number of nitrogens with one attached hydrogen (secondary N) is 1. The van der Waals surface area contributed by atoms with E-state index < -0.39 is 5.82 Å². The van der Waals surface area contributed by atoms with E-state index in [4.69, 9.17) is 10.5 Å². The average molecular weight is 402 g/mol. The summed E-state index contributed by atoms with van der Waals surface area (Å²) in [5.74, 6) is 0.551. The van der Waals surface area contributed by atoms with Gasteiger partial charge in [0, 0.05) is 11.9 Å². The summed E-state index contributed by atoms with van der Waals surface area (Å²) < 4.78 is 18.4. The number of nitrogens with zero attached hydrogens (tertiary/aromatic N) is 2. The first kappa shape index (κ1) is 17.2. The molecule has 0 bridgehead atoms. The van der Waals surface area contributed by atoms with Crippen LogP contribution in [0.4, 0.5) is 10.1 Å². The van der Waals surface area contributed by atoms with Gasteiger partial charge in [-0.15, -0.1) is 24.0 Å². The molecule has 2 rings (SSSR count). The van der Waals surface area contributed by atoms with E-state index in [-0.39, 0.29) is 42.2 Å². The fraction of sp³-hybridized carbons (Fsp3) is 0.143. The molecule has 5 nitrogen and oxygen atoms in total. The number of aliphatic imine (C=N–C) groups is 1. The number of pyridine rings is 1. The van der Waals surface area contributed by atoms with Crippen LogP contribution in [0, 0.1) is 5.82 Å². The Hall–Kier alpha value is -1.90. The fourth-order valence-electron chi connectivity index (χ4n) is 1.56. The minimum Gasteiger partial charge on any atom is -0.497 e. The molecule has 112 valence electrons. The van der Waals surface area contributed by atoms with E-state index in [2.05, 4.69) is 15.3 Å². The number of halogens is 2. The lowest BCUT2D eigenvalue weighted by molar-refractivity contribution is 0.415. The second-order valence-corrected chi connectivity index (χ2v) is 3.99. The van der Waals surface area contributed by atoms with E-state index >= 15 is 0 Å². The smallest absolute Gasteiger partial charge is 0.193 e. The largest absolute Gasteiger partial charge is 0.497 e. The Morgan fingerprint density at radius 3 is 2.67 bits per heavy atom. The van der Waals surface area contributed by atoms with Gasteiger partial charge in [0.25, 0.3) is 0 Å². The predicted molar refractivity (Wildman–Crippen MR) is 91.6 cm³/mol. The molecule has 0 unspecified atom stereocenters. The maximum atomic E-state index is 13.3. The topological polar surface area (TPSA) is 72.5 Å². The van der Waals surface area contributed by atoms with Gasteiger partial charge < -0.3 is 15.8 Å². The lowest BCUT2D eigenvalue weighted by Gasteiger charge is -2.06. The molecule has 1 heterocycles. The van der Waals surface area contributed by atoms with Crippen molar-refractivity contribution in [3.8, 4) is 5.75 Å². The van der Waals surface area contributed by atoms with Gasteiger partial charge in [0.2, 0.25) is 0 Å². The number of methoxy groups -OCH3 is 1. The van der Waals surface area contributed by atoms with Gasteiger partial charge in [-0.2, -0.15) is 0 Å². The van der Waals surface area contributed by atoms with Crippen molar-refractivity contribution in [2.45, 2.75) is 6.54 Å². The molecule has 2 aromatic rings. The molecule has 0 aliphatic rings. The molecule has 0 saturated heterocycles. The molecule has 0 amide bonds. The molecule has 0 saturated carbocycles. The summed E-state index contributed by atoms with van der Waals surface area (Å²) in [6.45, 7) is 0.0850. The summed E-state index contributed by atoms with van der Waals surface area (Å²) in [5, 5.41) is 2.90. The van der Waals surface area contributed by atoms with Crippen molar-refractivity contribution in [2.75, 3.05) is 12.4 Å². The van der Waals surface area contributed by atoms with Crippen molar-refractivity contribution in [2.24, 2.45) is 10.7 Å². The maximum absolute atomic E-state index is 13.3. The van der Waals surface area contributed by atoms with Gasteiger partial charge in [-0.1, -0.05) is 0 Å². The van der Waals surface area contributed by atoms with Crippen molar-refractivity contribution >= 4 is 35.6 Å². The fourth-order valence-corrected chi connectivity index (χ4v) is 1.56. The molecular formula is C14H16FIN4O. The maximum Gasteiger partial charge on any atom is 0.193 e. The van der Waals surface area contributed by atoms with Crippen molar-refractivity contribution < 1.29 is 9.13 Å². The van der Waals surface area contributed by atoms with Crippen LogP contribution < -0.4 is 15.8 Å². The molecule has 0 radical (unpaired) electrons. The number of hydrogen-bond acceptors (Lipinski definition) is 3. The first-order valence-corrected chi connectivity index (χ1v) is 5.99. The zero-order chi connectivity index (χ0) is 14.4. The summed E-state index contributed by atoms with van der Waals surface area (Å²) in [7, 11) is 1.60. The third-order valence-corrected chi connectivity index (χ3v) is 2.60. The van der Waals surface area contributed by atoms with Crippen LogP contribution in [0.2, 0.25) is 0 Å². The quantitative estimate of drug-likeness (QED) is 0.469. The van der Waals surface area contributed by atoms with Gasteiger partial charge in [-0.05, 0) is 36.4 Å². The summed E-state index contributed by atoms with van der Waals surface area (Å²) in [6.07, 6.45) is 1.51. The normalized spacial score (nSPS) is 10.7. The number of aromatic nitrogens is 1. The summed E-state index contributed by atoms with van der Waals surface area (Å²) in [6, 6.07) is 10.1. The number of hydrogen-bond donors (Lipinski definition) is 2. The van der Waals surface area contributed by atoms with Crippen molar-refractivity contribution in [1.29, 1.82) is 0 Å². The van der Waals surface area contributed by atoms with Crippen LogP contribution in [0.15, 0.2) is 47.6 Å². The standard InChI is InChI=1S/C14H15FN4O.HI/c1-20-11-6-4-10(5-7-11)19-14(16)18-9-13-12(15)3-2-8-17-13;/h2-8H,9H2,1H3,(H3,16,18,19);1H. The van der Waals surface area contributed by atoms with Gasteiger partial charge in [0.05, 0.1) is 19.3 Å². The zero-order valence-electron chi connectivity index (χ0n) is 11.4. The molecule has 0 fully saturated rings. The van der Waals surface area contributed by atoms with Crippen LogP contribution in [0.25, 0.3) is 0 Å². The van der Waals surface area contributed by atoms with Crippen molar-refractivity contribution in [1.82, 2.24) is 4.98 Å². The average Bonchev–Trinajstić information content (AvgIpc) is 2.47. The summed E-state index contributed by atoms with van der Waals surface area (Å²) in [4.78, 5) is 7.94. The molecule has 1 aromatic carbocycles. The molecule has 21 heavy (non-hydrogen) atoms. The molecule has 0 spiro atoms. The first-order valence-electron chi connectivity index (χ1n) is 5.99. The monoisotopic (exact) mass is 402 g/mol. The number of rotatable bonds is 4. The number of nitrogens with two attached hydrogens (primary N) is 1. The van der Waals surface area contributed by atoms with Crippen LogP contribution in [0.1, 0.15) is 5.69 Å². The van der Waals surface area contributed by atoms with E-state index in [1.165, 1.54) is 18.3 Å². The van der Waals surface area contributed by atoms with Crippen LogP contribution in [0.3, 0.4) is 0 Å². The Morgan fingerprint density at radius 1 is 1.33 bits per heavy atom. The summed E-state index contributed by atoms with van der Waals surface area (Å²) in [5.41, 5.74) is 6.76. The van der Waals surface area contributed by atoms with Crippen molar-refractivity contribution in [3.05, 3.63) is 54.1 Å². The van der Waals surface area contributed by atoms with Gasteiger partial charge in [0.1, 0.15) is 11.6 Å². The van der Waals surface area contributed by atoms with Crippen LogP contribution >= 0.6 is 24.0 Å². The Labute approximate surface area is 139 Å². The number of guanidine groups is 1. The molecule has 0 aliphatic heterocycles. The Morgan fingerprint density at radius 2 is 2.05 bits per heavy atom. The van der Waals surface area contributed by atoms with E-state index in [0.29, 0.717) is 0 Å². The Bertz CT molecular complexity index is 604. The first-order chi connectivity index (χ1) is 9.69. The minimum atomic E-state index is -0.395. The Kier molecular flexibility index (Phi) is 6.86. The van der Waals surface area contributed by atoms with E-state index in [1.807, 2.05) is 12.1 Å². The van der Waals surface area contributed by atoms with Gasteiger partial charge in [0.15, 0.2) is 5.96 Å². The molecular weight excluding hydrogens is 386 g/mol. The molecule has 0 atom stereocenters. The second-order valence-electron chi connectivity index (χ2n) is 3.99. The number of ether oxygens (including phenoxy) is 1. The predicted octanol–water partition coefficient (Wildman–Crippen LogP) is 2.77. The highest BCUT2D eigenvalue weighted by Crippen LogP contribution is 2.14. The van der Waals surface area contributed by atoms with Crippen LogP contribution in [-0.2, 0) is 6.54 Å². The van der Waals surface area contributed by atoms with E-state index in [9.17, 15) is 4.39 Å². The van der Waals surface area contributed by atoms with Crippen LogP contribution in [-0.4, -0.2) is 18.1 Å². The third kappa shape index (κ3) is 5.18.